The van der Waals surface area contributed by atoms with Gasteiger partial charge in [0.1, 0.15) is 19.2 Å². The molecule has 1 aliphatic rings. The zero-order chi connectivity index (χ0) is 14.7. The molecule has 0 amide bonds. The van der Waals surface area contributed by atoms with Crippen molar-refractivity contribution < 1.29 is 9.47 Å². The Morgan fingerprint density at radius 2 is 2.19 bits per heavy atom. The minimum Gasteiger partial charge on any atom is -0.342 e. The third-order valence-corrected chi connectivity index (χ3v) is 3.84. The van der Waals surface area contributed by atoms with E-state index in [1.807, 2.05) is 24.3 Å². The summed E-state index contributed by atoms with van der Waals surface area (Å²) in [5, 5.41) is 4.85. The van der Waals surface area contributed by atoms with Gasteiger partial charge in [0.25, 0.3) is 0 Å². The standard InChI is InChI=1S/C15H18ClN3O2/c1-2-3-14-8-20-15(21-14,9-19-11-17-10-18-19)12-4-6-13(16)7-5-12/h4-7,10-11,14H,2-3,8-9H2,1H3. The van der Waals surface area contributed by atoms with Crippen LogP contribution in [0.5, 0.6) is 0 Å². The van der Waals surface area contributed by atoms with Crippen molar-refractivity contribution in [3.8, 4) is 0 Å². The molecule has 2 unspecified atom stereocenters. The summed E-state index contributed by atoms with van der Waals surface area (Å²) in [6.07, 6.45) is 5.32. The molecule has 1 saturated heterocycles. The summed E-state index contributed by atoms with van der Waals surface area (Å²) in [6, 6.07) is 7.57. The van der Waals surface area contributed by atoms with Crippen LogP contribution in [0.25, 0.3) is 0 Å². The van der Waals surface area contributed by atoms with Gasteiger partial charge in [0.05, 0.1) is 12.7 Å². The van der Waals surface area contributed by atoms with Crippen LogP contribution in [0.1, 0.15) is 25.3 Å². The lowest BCUT2D eigenvalue weighted by Crippen LogP contribution is -2.33. The zero-order valence-electron chi connectivity index (χ0n) is 11.9. The molecule has 112 valence electrons. The van der Waals surface area contributed by atoms with E-state index in [4.69, 9.17) is 21.1 Å². The molecule has 2 heterocycles. The third-order valence-electron chi connectivity index (χ3n) is 3.59. The van der Waals surface area contributed by atoms with Crippen molar-refractivity contribution in [1.82, 2.24) is 14.8 Å². The predicted octanol–water partition coefficient (Wildman–Crippen LogP) is 3.00. The second kappa shape index (κ2) is 6.13. The maximum absolute atomic E-state index is 6.23. The van der Waals surface area contributed by atoms with Gasteiger partial charge in [-0.25, -0.2) is 9.67 Å². The fourth-order valence-electron chi connectivity index (χ4n) is 2.59. The molecule has 0 saturated carbocycles. The topological polar surface area (TPSA) is 49.2 Å². The lowest BCUT2D eigenvalue weighted by atomic mass is 10.1. The monoisotopic (exact) mass is 307 g/mol. The Morgan fingerprint density at radius 1 is 1.38 bits per heavy atom. The smallest absolute Gasteiger partial charge is 0.215 e. The van der Waals surface area contributed by atoms with Crippen molar-refractivity contribution in [2.75, 3.05) is 6.61 Å². The van der Waals surface area contributed by atoms with E-state index in [0.29, 0.717) is 18.2 Å². The largest absolute Gasteiger partial charge is 0.342 e. The fourth-order valence-corrected chi connectivity index (χ4v) is 2.71. The highest BCUT2D eigenvalue weighted by atomic mass is 35.5. The van der Waals surface area contributed by atoms with E-state index in [9.17, 15) is 0 Å². The molecule has 1 aromatic carbocycles. The Bertz CT molecular complexity index is 573. The van der Waals surface area contributed by atoms with Crippen molar-refractivity contribution in [1.29, 1.82) is 0 Å². The molecule has 0 bridgehead atoms. The van der Waals surface area contributed by atoms with Gasteiger partial charge >= 0.3 is 0 Å². The molecule has 1 aromatic heterocycles. The molecule has 0 aliphatic carbocycles. The number of rotatable bonds is 5. The summed E-state index contributed by atoms with van der Waals surface area (Å²) in [4.78, 5) is 3.98. The highest BCUT2D eigenvalue weighted by Gasteiger charge is 2.43. The van der Waals surface area contributed by atoms with Crippen molar-refractivity contribution in [2.45, 2.75) is 38.2 Å². The van der Waals surface area contributed by atoms with Gasteiger partial charge in [-0.2, -0.15) is 5.10 Å². The van der Waals surface area contributed by atoms with E-state index in [1.54, 1.807) is 11.0 Å². The molecular weight excluding hydrogens is 290 g/mol. The van der Waals surface area contributed by atoms with E-state index < -0.39 is 5.79 Å². The van der Waals surface area contributed by atoms with Crippen LogP contribution in [-0.4, -0.2) is 27.5 Å². The van der Waals surface area contributed by atoms with Gasteiger partial charge in [0, 0.05) is 10.6 Å². The Kier molecular flexibility index (Phi) is 4.24. The van der Waals surface area contributed by atoms with Crippen LogP contribution >= 0.6 is 11.6 Å². The number of hydrogen-bond donors (Lipinski definition) is 0. The second-order valence-electron chi connectivity index (χ2n) is 5.19. The number of halogens is 1. The van der Waals surface area contributed by atoms with Gasteiger partial charge in [0.15, 0.2) is 0 Å². The van der Waals surface area contributed by atoms with E-state index >= 15 is 0 Å². The molecule has 1 fully saturated rings. The molecule has 1 aliphatic heterocycles. The summed E-state index contributed by atoms with van der Waals surface area (Å²) in [6.45, 7) is 3.20. The Hall–Kier alpha value is -1.43. The van der Waals surface area contributed by atoms with Crippen LogP contribution in [0.3, 0.4) is 0 Å². The van der Waals surface area contributed by atoms with Gasteiger partial charge < -0.3 is 9.47 Å². The van der Waals surface area contributed by atoms with E-state index in [1.165, 1.54) is 6.33 Å². The Labute approximate surface area is 128 Å². The SMILES string of the molecule is CCCC1COC(Cn2cncn2)(c2ccc(Cl)cc2)O1. The predicted molar refractivity (Wildman–Crippen MR) is 78.9 cm³/mol. The number of ether oxygens (including phenoxy) is 2. The number of nitrogens with zero attached hydrogens (tertiary/aromatic N) is 3. The molecule has 0 spiro atoms. The molecule has 21 heavy (non-hydrogen) atoms. The summed E-state index contributed by atoms with van der Waals surface area (Å²) in [5.74, 6) is -0.821. The molecular formula is C15H18ClN3O2. The lowest BCUT2D eigenvalue weighted by molar-refractivity contribution is -0.189. The molecule has 0 N–H and O–H groups in total. The maximum atomic E-state index is 6.23. The molecule has 3 rings (SSSR count). The minimum absolute atomic E-state index is 0.106. The van der Waals surface area contributed by atoms with E-state index in [0.717, 1.165) is 18.4 Å². The molecule has 5 nitrogen and oxygen atoms in total. The van der Waals surface area contributed by atoms with Gasteiger partial charge in [-0.05, 0) is 18.6 Å². The first-order chi connectivity index (χ1) is 10.2. The van der Waals surface area contributed by atoms with Crippen molar-refractivity contribution in [2.24, 2.45) is 0 Å². The van der Waals surface area contributed by atoms with Crippen molar-refractivity contribution >= 4 is 11.6 Å². The van der Waals surface area contributed by atoms with E-state index in [2.05, 4.69) is 17.0 Å². The van der Waals surface area contributed by atoms with Crippen LogP contribution in [0.15, 0.2) is 36.9 Å². The second-order valence-corrected chi connectivity index (χ2v) is 5.63. The van der Waals surface area contributed by atoms with Crippen LogP contribution in [0.4, 0.5) is 0 Å². The van der Waals surface area contributed by atoms with Gasteiger partial charge in [-0.1, -0.05) is 37.1 Å². The maximum Gasteiger partial charge on any atom is 0.215 e. The number of benzene rings is 1. The zero-order valence-corrected chi connectivity index (χ0v) is 12.7. The van der Waals surface area contributed by atoms with E-state index in [-0.39, 0.29) is 6.10 Å². The van der Waals surface area contributed by atoms with Gasteiger partial charge in [-0.3, -0.25) is 0 Å². The van der Waals surface area contributed by atoms with Gasteiger partial charge in [-0.15, -0.1) is 0 Å². The number of hydrogen-bond acceptors (Lipinski definition) is 4. The molecule has 6 heteroatoms. The minimum atomic E-state index is -0.821. The Balaban J connectivity index is 1.89. The highest BCUT2D eigenvalue weighted by molar-refractivity contribution is 6.30. The Morgan fingerprint density at radius 3 is 2.86 bits per heavy atom. The number of aromatic nitrogens is 3. The van der Waals surface area contributed by atoms with Crippen LogP contribution in [0, 0.1) is 0 Å². The quantitative estimate of drug-likeness (QED) is 0.852. The van der Waals surface area contributed by atoms with Crippen LogP contribution in [-0.2, 0) is 21.8 Å². The summed E-state index contributed by atoms with van der Waals surface area (Å²) < 4.78 is 14.0. The molecule has 2 aromatic rings. The highest BCUT2D eigenvalue weighted by Crippen LogP contribution is 2.37. The average molecular weight is 308 g/mol. The summed E-state index contributed by atoms with van der Waals surface area (Å²) in [5.41, 5.74) is 0.945. The van der Waals surface area contributed by atoms with Gasteiger partial charge in [0.2, 0.25) is 5.79 Å². The third kappa shape index (κ3) is 3.10. The van der Waals surface area contributed by atoms with Crippen LogP contribution < -0.4 is 0 Å². The van der Waals surface area contributed by atoms with Crippen LogP contribution in [0.2, 0.25) is 5.02 Å². The first-order valence-corrected chi connectivity index (χ1v) is 7.50. The van der Waals surface area contributed by atoms with Crippen molar-refractivity contribution in [3.05, 3.63) is 47.5 Å². The lowest BCUT2D eigenvalue weighted by Gasteiger charge is -2.28. The fraction of sp³-hybridized carbons (Fsp3) is 0.467. The molecule has 2 atom stereocenters. The molecule has 0 radical (unpaired) electrons. The van der Waals surface area contributed by atoms with Crippen molar-refractivity contribution in [3.63, 3.8) is 0 Å². The normalized spacial score (nSPS) is 25.3. The summed E-state index contributed by atoms with van der Waals surface area (Å²) >= 11 is 5.98. The first-order valence-electron chi connectivity index (χ1n) is 7.12. The summed E-state index contributed by atoms with van der Waals surface area (Å²) in [7, 11) is 0. The first kappa shape index (κ1) is 14.5. The average Bonchev–Trinajstić information content (AvgIpc) is 3.11.